The smallest absolute Gasteiger partial charge is 0.315 e. The predicted molar refractivity (Wildman–Crippen MR) is 125 cm³/mol. The minimum absolute atomic E-state index is 0.0113. The third-order valence-corrected chi connectivity index (χ3v) is 7.63. The first kappa shape index (κ1) is 22.2. The molecular weight excluding hydrogens is 457 g/mol. The highest BCUT2D eigenvalue weighted by atomic mass is 19.4. The van der Waals surface area contributed by atoms with Gasteiger partial charge in [0.1, 0.15) is 5.82 Å². The first-order valence-electron chi connectivity index (χ1n) is 11.9. The van der Waals surface area contributed by atoms with Crippen LogP contribution in [0.5, 0.6) is 0 Å². The Hall–Kier alpha value is -3.27. The number of nitrogens with one attached hydrogen (secondary N) is 2. The summed E-state index contributed by atoms with van der Waals surface area (Å²) < 4.78 is 37.6. The minimum atomic E-state index is -4.16. The van der Waals surface area contributed by atoms with Crippen molar-refractivity contribution in [2.75, 3.05) is 11.9 Å². The first-order valence-corrected chi connectivity index (χ1v) is 11.9. The number of benzene rings is 1. The first-order chi connectivity index (χ1) is 16.8. The number of carbonyl (C=O) groups excluding carboxylic acids is 1. The van der Waals surface area contributed by atoms with E-state index in [1.165, 1.54) is 0 Å². The van der Waals surface area contributed by atoms with Gasteiger partial charge in [0.05, 0.1) is 18.3 Å². The normalized spacial score (nSPS) is 27.1. The Labute approximate surface area is 200 Å². The molecular formula is C25H25F3N6O. The molecule has 2 aromatic heterocycles. The number of rotatable bonds is 5. The fourth-order valence-corrected chi connectivity index (χ4v) is 6.08. The van der Waals surface area contributed by atoms with Gasteiger partial charge in [0.25, 0.3) is 0 Å². The molecule has 6 rings (SSSR count). The number of hydrogen-bond acceptors (Lipinski definition) is 5. The van der Waals surface area contributed by atoms with Crippen LogP contribution in [0.3, 0.4) is 0 Å². The van der Waals surface area contributed by atoms with Crippen LogP contribution in [-0.2, 0) is 0 Å². The van der Waals surface area contributed by atoms with Gasteiger partial charge in [-0.3, -0.25) is 15.3 Å². The molecule has 2 bridgehead atoms. The van der Waals surface area contributed by atoms with Crippen molar-refractivity contribution in [3.8, 4) is 11.3 Å². The number of halogens is 3. The van der Waals surface area contributed by atoms with Crippen molar-refractivity contribution in [3.05, 3.63) is 49.1 Å². The van der Waals surface area contributed by atoms with E-state index < -0.39 is 12.6 Å². The van der Waals surface area contributed by atoms with Crippen molar-refractivity contribution in [1.29, 1.82) is 0 Å². The van der Waals surface area contributed by atoms with E-state index in [9.17, 15) is 18.0 Å². The molecule has 2 amide bonds. The highest BCUT2D eigenvalue weighted by Gasteiger charge is 2.69. The van der Waals surface area contributed by atoms with Gasteiger partial charge < -0.3 is 10.2 Å². The summed E-state index contributed by atoms with van der Waals surface area (Å²) in [4.78, 5) is 28.2. The summed E-state index contributed by atoms with van der Waals surface area (Å²) >= 11 is 0. The van der Waals surface area contributed by atoms with Gasteiger partial charge in [0, 0.05) is 53.7 Å². The van der Waals surface area contributed by atoms with Crippen LogP contribution in [0, 0.1) is 5.92 Å². The number of alkyl halides is 3. The zero-order chi connectivity index (χ0) is 24.2. The van der Waals surface area contributed by atoms with Crippen molar-refractivity contribution < 1.29 is 18.0 Å². The Kier molecular flexibility index (Phi) is 5.17. The molecule has 35 heavy (non-hydrogen) atoms. The SMILES string of the molecule is O=C(Nc1cc2cc(-c3cnccn3)ccc2cn1)N1[C@@H]2C[C@@H](NCCC(F)(F)F)C[C@]13C[C@@H]3C2. The number of amides is 2. The van der Waals surface area contributed by atoms with E-state index >= 15 is 0 Å². The van der Waals surface area contributed by atoms with Gasteiger partial charge >= 0.3 is 12.2 Å². The maximum Gasteiger partial charge on any atom is 0.390 e. The number of nitrogens with zero attached hydrogens (tertiary/aromatic N) is 4. The van der Waals surface area contributed by atoms with Crippen LogP contribution < -0.4 is 10.6 Å². The molecule has 3 aliphatic rings. The largest absolute Gasteiger partial charge is 0.390 e. The van der Waals surface area contributed by atoms with Gasteiger partial charge in [-0.05, 0) is 49.1 Å². The number of carbonyl (C=O) groups is 1. The highest BCUT2D eigenvalue weighted by molar-refractivity contribution is 5.94. The molecule has 1 aromatic carbocycles. The molecule has 2 N–H and O–H groups in total. The van der Waals surface area contributed by atoms with E-state index in [-0.39, 0.29) is 30.2 Å². The lowest BCUT2D eigenvalue weighted by Gasteiger charge is -2.42. The third kappa shape index (κ3) is 4.20. The zero-order valence-corrected chi connectivity index (χ0v) is 18.9. The molecule has 0 radical (unpaired) electrons. The van der Waals surface area contributed by atoms with Gasteiger partial charge in [0.15, 0.2) is 0 Å². The summed E-state index contributed by atoms with van der Waals surface area (Å²) in [6.45, 7) is -0.0780. The molecule has 7 nitrogen and oxygen atoms in total. The molecule has 0 unspecified atom stereocenters. The van der Waals surface area contributed by atoms with E-state index in [0.717, 1.165) is 34.9 Å². The monoisotopic (exact) mass is 482 g/mol. The summed E-state index contributed by atoms with van der Waals surface area (Å²) in [7, 11) is 0. The van der Waals surface area contributed by atoms with Crippen molar-refractivity contribution in [3.63, 3.8) is 0 Å². The molecule has 182 valence electrons. The molecule has 4 atom stereocenters. The Morgan fingerprint density at radius 2 is 1.97 bits per heavy atom. The van der Waals surface area contributed by atoms with Crippen LogP contribution in [0.1, 0.15) is 32.1 Å². The lowest BCUT2D eigenvalue weighted by Crippen LogP contribution is -2.56. The quantitative estimate of drug-likeness (QED) is 0.548. The maximum atomic E-state index is 13.3. The van der Waals surface area contributed by atoms with Gasteiger partial charge in [0.2, 0.25) is 0 Å². The van der Waals surface area contributed by atoms with Crippen LogP contribution in [-0.4, -0.2) is 56.2 Å². The number of aromatic nitrogens is 3. The number of anilines is 1. The van der Waals surface area contributed by atoms with Crippen LogP contribution in [0.15, 0.2) is 49.1 Å². The number of pyridine rings is 1. The molecule has 2 saturated heterocycles. The Morgan fingerprint density at radius 1 is 1.09 bits per heavy atom. The second-order valence-electron chi connectivity index (χ2n) is 9.87. The van der Waals surface area contributed by atoms with Crippen LogP contribution in [0.2, 0.25) is 0 Å². The standard InChI is InChI=1S/C25H25F3N6O/c26-25(27,28)3-4-30-19-10-20-9-18-11-24(18,12-19)34(20)23(35)33-22-8-17-7-15(1-2-16(17)13-32-22)21-14-29-5-6-31-21/h1-2,5-8,13-14,18-20,30H,3-4,9-12H2,(H,32,33,35)/t18-,19+,20-,24-/m0/s1. The van der Waals surface area contributed by atoms with E-state index in [1.807, 2.05) is 29.2 Å². The molecule has 3 fully saturated rings. The summed E-state index contributed by atoms with van der Waals surface area (Å²) in [5, 5.41) is 7.92. The van der Waals surface area contributed by atoms with Gasteiger partial charge in [-0.1, -0.05) is 12.1 Å². The predicted octanol–water partition coefficient (Wildman–Crippen LogP) is 4.76. The highest BCUT2D eigenvalue weighted by Crippen LogP contribution is 2.63. The lowest BCUT2D eigenvalue weighted by atomic mass is 9.93. The lowest BCUT2D eigenvalue weighted by molar-refractivity contribution is -0.133. The molecule has 4 heterocycles. The van der Waals surface area contributed by atoms with Gasteiger partial charge in [-0.25, -0.2) is 9.78 Å². The number of piperidine rings is 2. The van der Waals surface area contributed by atoms with E-state index in [0.29, 0.717) is 24.6 Å². The van der Waals surface area contributed by atoms with Crippen LogP contribution in [0.25, 0.3) is 22.0 Å². The molecule has 1 spiro atoms. The van der Waals surface area contributed by atoms with Crippen molar-refractivity contribution in [2.45, 2.75) is 55.9 Å². The second kappa shape index (κ2) is 8.15. The molecule has 1 aliphatic carbocycles. The molecule has 1 saturated carbocycles. The second-order valence-corrected chi connectivity index (χ2v) is 9.87. The van der Waals surface area contributed by atoms with Gasteiger partial charge in [-0.2, -0.15) is 13.2 Å². The fraction of sp³-hybridized carbons (Fsp3) is 0.440. The summed E-state index contributed by atoms with van der Waals surface area (Å²) in [6.07, 6.45) is 4.92. The minimum Gasteiger partial charge on any atom is -0.315 e. The summed E-state index contributed by atoms with van der Waals surface area (Å²) in [6, 6.07) is 7.63. The van der Waals surface area contributed by atoms with Gasteiger partial charge in [-0.15, -0.1) is 0 Å². The summed E-state index contributed by atoms with van der Waals surface area (Å²) in [5.41, 5.74) is 1.45. The Balaban J connectivity index is 1.16. The van der Waals surface area contributed by atoms with Crippen LogP contribution >= 0.6 is 0 Å². The fourth-order valence-electron chi connectivity index (χ4n) is 6.08. The van der Waals surface area contributed by atoms with E-state index in [2.05, 4.69) is 25.6 Å². The topological polar surface area (TPSA) is 83.0 Å². The van der Waals surface area contributed by atoms with Crippen molar-refractivity contribution >= 4 is 22.6 Å². The molecule has 3 aromatic rings. The van der Waals surface area contributed by atoms with E-state index in [4.69, 9.17) is 0 Å². The molecule has 2 aliphatic heterocycles. The summed E-state index contributed by atoms with van der Waals surface area (Å²) in [5.74, 6) is 0.906. The average Bonchev–Trinajstić information content (AvgIpc) is 3.43. The number of fused-ring (bicyclic) bond motifs is 2. The third-order valence-electron chi connectivity index (χ3n) is 7.63. The van der Waals surface area contributed by atoms with E-state index in [1.54, 1.807) is 24.8 Å². The van der Waals surface area contributed by atoms with Crippen molar-refractivity contribution in [2.24, 2.45) is 5.92 Å². The maximum absolute atomic E-state index is 13.3. The number of urea groups is 1. The van der Waals surface area contributed by atoms with Crippen molar-refractivity contribution in [1.82, 2.24) is 25.2 Å². The number of hydrogen-bond donors (Lipinski definition) is 2. The molecule has 10 heteroatoms. The Morgan fingerprint density at radius 3 is 2.74 bits per heavy atom. The Bertz CT molecular complexity index is 1270. The zero-order valence-electron chi connectivity index (χ0n) is 18.9. The average molecular weight is 483 g/mol. The van der Waals surface area contributed by atoms with Crippen LogP contribution in [0.4, 0.5) is 23.8 Å².